The van der Waals surface area contributed by atoms with Gasteiger partial charge in [-0.25, -0.2) is 9.36 Å². The fourth-order valence-corrected chi connectivity index (χ4v) is 3.54. The van der Waals surface area contributed by atoms with Crippen LogP contribution in [0.15, 0.2) is 35.5 Å². The third-order valence-electron chi connectivity index (χ3n) is 3.96. The summed E-state index contributed by atoms with van der Waals surface area (Å²) in [6.07, 6.45) is 2.26. The van der Waals surface area contributed by atoms with E-state index in [0.29, 0.717) is 17.4 Å². The van der Waals surface area contributed by atoms with Crippen molar-refractivity contribution in [2.45, 2.75) is 36.7 Å². The molecule has 3 aromatic rings. The van der Waals surface area contributed by atoms with E-state index in [1.807, 2.05) is 46.6 Å². The van der Waals surface area contributed by atoms with E-state index in [4.69, 9.17) is 0 Å². The van der Waals surface area contributed by atoms with Crippen LogP contribution in [0.2, 0.25) is 0 Å². The molecule has 1 fully saturated rings. The summed E-state index contributed by atoms with van der Waals surface area (Å²) in [6.45, 7) is 1.86. The molecule has 0 radical (unpaired) electrons. The Bertz CT molecular complexity index is 902. The van der Waals surface area contributed by atoms with E-state index in [1.165, 1.54) is 0 Å². The molecule has 8 heteroatoms. The van der Waals surface area contributed by atoms with Crippen LogP contribution in [-0.2, 0) is 5.75 Å². The first-order valence-corrected chi connectivity index (χ1v) is 8.71. The van der Waals surface area contributed by atoms with Gasteiger partial charge in [0.25, 0.3) is 0 Å². The first-order chi connectivity index (χ1) is 11.8. The Morgan fingerprint density at radius 1 is 1.29 bits per heavy atom. The van der Waals surface area contributed by atoms with Crippen molar-refractivity contribution in [3.63, 3.8) is 0 Å². The van der Waals surface area contributed by atoms with Crippen LogP contribution in [0.5, 0.6) is 0 Å². The van der Waals surface area contributed by atoms with Gasteiger partial charge in [-0.1, -0.05) is 30.0 Å². The highest BCUT2D eigenvalue weighted by atomic mass is 32.2. The molecule has 0 atom stereocenters. The van der Waals surface area contributed by atoms with Gasteiger partial charge in [0.2, 0.25) is 5.16 Å². The average Bonchev–Trinajstić information content (AvgIpc) is 3.26. The van der Waals surface area contributed by atoms with Crippen molar-refractivity contribution in [1.29, 1.82) is 5.26 Å². The highest BCUT2D eigenvalue weighted by Gasteiger charge is 2.28. The van der Waals surface area contributed by atoms with Crippen LogP contribution in [0, 0.1) is 18.3 Å². The Morgan fingerprint density at radius 2 is 2.08 bits per heavy atom. The van der Waals surface area contributed by atoms with Gasteiger partial charge in [0.05, 0.1) is 28.7 Å². The van der Waals surface area contributed by atoms with E-state index in [0.717, 1.165) is 35.1 Å². The van der Waals surface area contributed by atoms with Gasteiger partial charge in [0, 0.05) is 5.75 Å². The molecule has 0 aliphatic heterocycles. The number of nitriles is 1. The number of hydrogen-bond acceptors (Lipinski definition) is 6. The molecule has 0 bridgehead atoms. The molecule has 4 rings (SSSR count). The van der Waals surface area contributed by atoms with Crippen molar-refractivity contribution in [2.75, 3.05) is 0 Å². The van der Waals surface area contributed by atoms with Crippen LogP contribution in [0.1, 0.15) is 35.8 Å². The van der Waals surface area contributed by atoms with Crippen molar-refractivity contribution in [2.24, 2.45) is 0 Å². The van der Waals surface area contributed by atoms with Gasteiger partial charge < -0.3 is 0 Å². The molecule has 0 amide bonds. The normalized spacial score (nSPS) is 13.8. The Hall–Kier alpha value is -2.66. The van der Waals surface area contributed by atoms with Crippen LogP contribution in [0.3, 0.4) is 0 Å². The van der Waals surface area contributed by atoms with Gasteiger partial charge in [0.15, 0.2) is 0 Å². The molecular formula is C16H15N7S. The molecule has 2 heterocycles. The van der Waals surface area contributed by atoms with Crippen LogP contribution >= 0.6 is 11.8 Å². The van der Waals surface area contributed by atoms with Gasteiger partial charge in [-0.15, -0.1) is 5.10 Å². The fraction of sp³-hybridized carbons (Fsp3) is 0.312. The maximum atomic E-state index is 9.51. The number of hydrogen-bond donors (Lipinski definition) is 0. The summed E-state index contributed by atoms with van der Waals surface area (Å²) in [5, 5.41) is 26.8. The summed E-state index contributed by atoms with van der Waals surface area (Å²) in [7, 11) is 0. The number of benzene rings is 1. The van der Waals surface area contributed by atoms with Crippen molar-refractivity contribution >= 4 is 11.8 Å². The molecule has 7 nitrogen and oxygen atoms in total. The number of para-hydroxylation sites is 1. The number of nitrogens with zero attached hydrogens (tertiary/aromatic N) is 7. The minimum absolute atomic E-state index is 0.429. The topological polar surface area (TPSA) is 85.2 Å². The number of aryl methyl sites for hydroxylation is 1. The lowest BCUT2D eigenvalue weighted by Gasteiger charge is -2.07. The monoisotopic (exact) mass is 337 g/mol. The van der Waals surface area contributed by atoms with Crippen LogP contribution in [0.4, 0.5) is 0 Å². The number of tetrazole rings is 1. The lowest BCUT2D eigenvalue weighted by Crippen LogP contribution is -2.03. The lowest BCUT2D eigenvalue weighted by atomic mass is 10.2. The highest BCUT2D eigenvalue weighted by molar-refractivity contribution is 7.98. The van der Waals surface area contributed by atoms with Gasteiger partial charge in [-0.05, 0) is 42.3 Å². The zero-order valence-corrected chi connectivity index (χ0v) is 13.9. The second-order valence-corrected chi connectivity index (χ2v) is 6.63. The highest BCUT2D eigenvalue weighted by Crippen LogP contribution is 2.37. The van der Waals surface area contributed by atoms with Crippen LogP contribution < -0.4 is 0 Å². The van der Waals surface area contributed by atoms with E-state index in [9.17, 15) is 5.26 Å². The minimum atomic E-state index is 0.429. The second kappa shape index (κ2) is 6.09. The lowest BCUT2D eigenvalue weighted by molar-refractivity contribution is 0.565. The molecular weight excluding hydrogens is 322 g/mol. The number of rotatable bonds is 5. The standard InChI is InChI=1S/C16H15N7S/c1-11-14(9-17)15(22(19-11)12-5-3-2-4-6-12)10-24-16-18-20-21-23(16)13-7-8-13/h2-6,13H,7-8,10H2,1H3. The molecule has 1 aromatic carbocycles. The zero-order valence-electron chi connectivity index (χ0n) is 13.1. The van der Waals surface area contributed by atoms with Gasteiger partial charge >= 0.3 is 0 Å². The third-order valence-corrected chi connectivity index (χ3v) is 4.91. The molecule has 24 heavy (non-hydrogen) atoms. The van der Waals surface area contributed by atoms with Crippen LogP contribution in [-0.4, -0.2) is 30.0 Å². The Morgan fingerprint density at radius 3 is 2.79 bits per heavy atom. The maximum Gasteiger partial charge on any atom is 0.209 e. The van der Waals surface area contributed by atoms with Crippen molar-refractivity contribution in [1.82, 2.24) is 30.0 Å². The van der Waals surface area contributed by atoms with Crippen molar-refractivity contribution in [3.05, 3.63) is 47.3 Å². The van der Waals surface area contributed by atoms with Gasteiger partial charge in [-0.3, -0.25) is 0 Å². The largest absolute Gasteiger partial charge is 0.235 e. The number of aromatic nitrogens is 6. The molecule has 0 saturated heterocycles. The SMILES string of the molecule is Cc1nn(-c2ccccc2)c(CSc2nnnn2C2CC2)c1C#N. The fourth-order valence-electron chi connectivity index (χ4n) is 2.60. The maximum absolute atomic E-state index is 9.51. The molecule has 2 aromatic heterocycles. The zero-order chi connectivity index (χ0) is 16.5. The Kier molecular flexibility index (Phi) is 3.78. The van der Waals surface area contributed by atoms with E-state index in [-0.39, 0.29) is 0 Å². The molecule has 120 valence electrons. The molecule has 0 N–H and O–H groups in total. The summed E-state index contributed by atoms with van der Waals surface area (Å²) >= 11 is 1.54. The van der Waals surface area contributed by atoms with E-state index >= 15 is 0 Å². The smallest absolute Gasteiger partial charge is 0.209 e. The Balaban J connectivity index is 1.66. The predicted octanol–water partition coefficient (Wildman–Crippen LogP) is 2.67. The number of thioether (sulfide) groups is 1. The Labute approximate surface area is 143 Å². The minimum Gasteiger partial charge on any atom is -0.235 e. The summed E-state index contributed by atoms with van der Waals surface area (Å²) < 4.78 is 3.72. The average molecular weight is 337 g/mol. The summed E-state index contributed by atoms with van der Waals surface area (Å²) in [5.41, 5.74) is 3.17. The summed E-state index contributed by atoms with van der Waals surface area (Å²) in [6, 6.07) is 12.6. The molecule has 0 spiro atoms. The van der Waals surface area contributed by atoms with Gasteiger partial charge in [-0.2, -0.15) is 10.4 Å². The van der Waals surface area contributed by atoms with E-state index < -0.39 is 0 Å². The second-order valence-electron chi connectivity index (χ2n) is 5.69. The van der Waals surface area contributed by atoms with Gasteiger partial charge in [0.1, 0.15) is 6.07 Å². The molecule has 1 saturated carbocycles. The van der Waals surface area contributed by atoms with Crippen molar-refractivity contribution in [3.8, 4) is 11.8 Å². The van der Waals surface area contributed by atoms with Crippen LogP contribution in [0.25, 0.3) is 5.69 Å². The first-order valence-electron chi connectivity index (χ1n) is 7.72. The van der Waals surface area contributed by atoms with E-state index in [1.54, 1.807) is 11.8 Å². The van der Waals surface area contributed by atoms with E-state index in [2.05, 4.69) is 26.7 Å². The molecule has 1 aliphatic rings. The summed E-state index contributed by atoms with van der Waals surface area (Å²) in [5.74, 6) is 0.589. The first kappa shape index (κ1) is 14.9. The summed E-state index contributed by atoms with van der Waals surface area (Å²) in [4.78, 5) is 0. The molecule has 0 unspecified atom stereocenters. The third kappa shape index (κ3) is 2.67. The predicted molar refractivity (Wildman–Crippen MR) is 88.7 cm³/mol. The quantitative estimate of drug-likeness (QED) is 0.665. The molecule has 1 aliphatic carbocycles. The van der Waals surface area contributed by atoms with Crippen molar-refractivity contribution < 1.29 is 0 Å².